The Morgan fingerprint density at radius 2 is 2.10 bits per heavy atom. The van der Waals surface area contributed by atoms with Crippen molar-refractivity contribution in [2.24, 2.45) is 0 Å². The fourth-order valence-electron chi connectivity index (χ4n) is 2.97. The fraction of sp³-hybridized carbons (Fsp3) is 0.389. The second-order valence-electron chi connectivity index (χ2n) is 6.64. The summed E-state index contributed by atoms with van der Waals surface area (Å²) in [4.78, 5) is 21.6. The van der Waals surface area contributed by atoms with E-state index in [9.17, 15) is 22.0 Å². The van der Waals surface area contributed by atoms with Gasteiger partial charge in [0.2, 0.25) is 15.9 Å². The Morgan fingerprint density at radius 1 is 1.32 bits per heavy atom. The molecule has 13 heteroatoms. The molecule has 168 valence electrons. The van der Waals surface area contributed by atoms with Gasteiger partial charge in [-0.1, -0.05) is 6.92 Å². The number of aromatic nitrogens is 2. The number of thioether (sulfide) groups is 1. The number of hydrogen-bond donors (Lipinski definition) is 4. The Kier molecular flexibility index (Phi) is 7.28. The van der Waals surface area contributed by atoms with Crippen LogP contribution >= 0.6 is 11.8 Å². The number of fused-ring (bicyclic) bond motifs is 1. The lowest BCUT2D eigenvalue weighted by molar-refractivity contribution is -0.117. The monoisotopic (exact) mass is 473 g/mol. The highest BCUT2D eigenvalue weighted by Crippen LogP contribution is 2.42. The molecule has 0 spiro atoms. The summed E-state index contributed by atoms with van der Waals surface area (Å²) < 4.78 is 55.0. The molecule has 3 rings (SSSR count). The summed E-state index contributed by atoms with van der Waals surface area (Å²) in [6.45, 7) is 1.81. The topological polar surface area (TPSA) is 133 Å². The van der Waals surface area contributed by atoms with Gasteiger partial charge in [0.1, 0.15) is 23.6 Å². The lowest BCUT2D eigenvalue weighted by atomic mass is 10.1. The zero-order chi connectivity index (χ0) is 22.6. The average molecular weight is 474 g/mol. The van der Waals surface area contributed by atoms with E-state index in [1.54, 1.807) is 6.92 Å². The number of anilines is 3. The summed E-state index contributed by atoms with van der Waals surface area (Å²) in [7, 11) is -3.80. The third-order valence-corrected chi connectivity index (χ3v) is 7.02. The van der Waals surface area contributed by atoms with Gasteiger partial charge in [0.05, 0.1) is 34.6 Å². The van der Waals surface area contributed by atoms with Crippen LogP contribution in [0.5, 0.6) is 0 Å². The fourth-order valence-corrected chi connectivity index (χ4v) is 5.35. The lowest BCUT2D eigenvalue weighted by Crippen LogP contribution is -2.24. The maximum Gasteiger partial charge on any atom is 0.234 e. The van der Waals surface area contributed by atoms with Gasteiger partial charge in [0, 0.05) is 12.3 Å². The highest BCUT2D eigenvalue weighted by Gasteiger charge is 2.34. The minimum atomic E-state index is -3.80. The lowest BCUT2D eigenvalue weighted by Gasteiger charge is -2.15. The van der Waals surface area contributed by atoms with E-state index < -0.39 is 44.9 Å². The van der Waals surface area contributed by atoms with Crippen LogP contribution in [0.3, 0.4) is 0 Å². The van der Waals surface area contributed by atoms with Crippen LogP contribution < -0.4 is 15.4 Å². The Bertz CT molecular complexity index is 1080. The maximum absolute atomic E-state index is 14.8. The van der Waals surface area contributed by atoms with Gasteiger partial charge in [0.15, 0.2) is 5.82 Å². The number of carbonyl (C=O) groups excluding carboxylic acids is 1. The second-order valence-corrected chi connectivity index (χ2v) is 9.52. The van der Waals surface area contributed by atoms with Gasteiger partial charge >= 0.3 is 0 Å². The van der Waals surface area contributed by atoms with E-state index in [1.165, 1.54) is 18.1 Å². The molecule has 31 heavy (non-hydrogen) atoms. The SMILES string of the molecule is CCCS(=O)(=O)Nc1ccc(F)c(NC(=O)C2CSc3c(NCCO)ncnc32)c1F. The molecule has 2 heterocycles. The molecule has 1 aromatic carbocycles. The predicted molar refractivity (Wildman–Crippen MR) is 114 cm³/mol. The molecule has 4 N–H and O–H groups in total. The van der Waals surface area contributed by atoms with Crippen molar-refractivity contribution in [3.63, 3.8) is 0 Å². The smallest absolute Gasteiger partial charge is 0.234 e. The van der Waals surface area contributed by atoms with E-state index in [0.29, 0.717) is 22.8 Å². The first-order valence-electron chi connectivity index (χ1n) is 9.39. The van der Waals surface area contributed by atoms with E-state index >= 15 is 0 Å². The quantitative estimate of drug-likeness (QED) is 0.435. The molecule has 0 bridgehead atoms. The van der Waals surface area contributed by atoms with Crippen molar-refractivity contribution >= 4 is 44.9 Å². The Balaban J connectivity index is 1.83. The molecule has 0 saturated heterocycles. The van der Waals surface area contributed by atoms with Gasteiger partial charge in [-0.2, -0.15) is 0 Å². The van der Waals surface area contributed by atoms with Crippen molar-refractivity contribution in [2.75, 3.05) is 40.0 Å². The molecule has 0 fully saturated rings. The molecule has 1 atom stereocenters. The molecular weight excluding hydrogens is 452 g/mol. The van der Waals surface area contributed by atoms with Crippen molar-refractivity contribution in [2.45, 2.75) is 24.2 Å². The van der Waals surface area contributed by atoms with E-state index in [4.69, 9.17) is 5.11 Å². The number of aliphatic hydroxyl groups is 1. The molecule has 0 radical (unpaired) electrons. The van der Waals surface area contributed by atoms with Crippen molar-refractivity contribution in [1.82, 2.24) is 9.97 Å². The molecule has 0 saturated carbocycles. The molecule has 1 aliphatic heterocycles. The van der Waals surface area contributed by atoms with Gasteiger partial charge < -0.3 is 15.7 Å². The van der Waals surface area contributed by atoms with Crippen LogP contribution in [0.1, 0.15) is 25.0 Å². The molecule has 1 unspecified atom stereocenters. The first-order valence-corrected chi connectivity index (χ1v) is 12.0. The zero-order valence-electron chi connectivity index (χ0n) is 16.5. The number of nitrogens with one attached hydrogen (secondary N) is 3. The van der Waals surface area contributed by atoms with Gasteiger partial charge in [-0.15, -0.1) is 11.8 Å². The van der Waals surface area contributed by atoms with Crippen LogP contribution in [-0.2, 0) is 14.8 Å². The molecule has 1 aliphatic rings. The molecule has 2 aromatic rings. The largest absolute Gasteiger partial charge is 0.395 e. The third kappa shape index (κ3) is 5.22. The van der Waals surface area contributed by atoms with Gasteiger partial charge in [-0.3, -0.25) is 9.52 Å². The standard InChI is InChI=1S/C18H21F2N5O4S2/c1-2-7-31(28,29)25-12-4-3-11(19)15(13(12)20)24-18(27)10-8-30-16-14(10)22-9-23-17(16)21-5-6-26/h3-4,9-10,25-26H,2,5-8H2,1H3,(H,24,27)(H,21,22,23). The number of hydrogen-bond acceptors (Lipinski definition) is 8. The average Bonchev–Trinajstić information content (AvgIpc) is 3.16. The van der Waals surface area contributed by atoms with Crippen LogP contribution in [0.15, 0.2) is 23.4 Å². The summed E-state index contributed by atoms with van der Waals surface area (Å²) in [5.41, 5.74) is -0.796. The van der Waals surface area contributed by atoms with Crippen LogP contribution in [0, 0.1) is 11.6 Å². The van der Waals surface area contributed by atoms with E-state index in [1.807, 2.05) is 0 Å². The number of aliphatic hydroxyl groups excluding tert-OH is 1. The van der Waals surface area contributed by atoms with Crippen LogP contribution in [0.2, 0.25) is 0 Å². The summed E-state index contributed by atoms with van der Waals surface area (Å²) in [6, 6.07) is 1.83. The van der Waals surface area contributed by atoms with Crippen molar-refractivity contribution in [1.29, 1.82) is 0 Å². The number of sulfonamides is 1. The molecule has 9 nitrogen and oxygen atoms in total. The summed E-state index contributed by atoms with van der Waals surface area (Å²) in [5, 5.41) is 14.1. The normalized spacial score (nSPS) is 15.4. The number of nitrogens with zero attached hydrogens (tertiary/aromatic N) is 2. The summed E-state index contributed by atoms with van der Waals surface area (Å²) in [6.07, 6.45) is 1.58. The molecule has 1 aromatic heterocycles. The van der Waals surface area contributed by atoms with E-state index in [2.05, 4.69) is 25.3 Å². The minimum Gasteiger partial charge on any atom is -0.395 e. The van der Waals surface area contributed by atoms with E-state index in [0.717, 1.165) is 12.1 Å². The summed E-state index contributed by atoms with van der Waals surface area (Å²) in [5.74, 6) is -3.23. The van der Waals surface area contributed by atoms with Gasteiger partial charge in [-0.05, 0) is 18.6 Å². The van der Waals surface area contributed by atoms with Crippen molar-refractivity contribution in [3.05, 3.63) is 35.8 Å². The molecule has 0 aliphatic carbocycles. The van der Waals surface area contributed by atoms with Crippen molar-refractivity contribution < 1.29 is 27.1 Å². The van der Waals surface area contributed by atoms with Crippen LogP contribution in [0.4, 0.5) is 26.0 Å². The first kappa shape index (κ1) is 23.2. The third-order valence-electron chi connectivity index (χ3n) is 4.35. The Morgan fingerprint density at radius 3 is 2.81 bits per heavy atom. The maximum atomic E-state index is 14.8. The van der Waals surface area contributed by atoms with E-state index in [-0.39, 0.29) is 24.7 Å². The highest BCUT2D eigenvalue weighted by molar-refractivity contribution is 7.99. The number of halogens is 2. The number of rotatable bonds is 9. The molecular formula is C18H21F2N5O4S2. The number of benzene rings is 1. The summed E-state index contributed by atoms with van der Waals surface area (Å²) >= 11 is 1.31. The van der Waals surface area contributed by atoms with Gasteiger partial charge in [-0.25, -0.2) is 27.2 Å². The van der Waals surface area contributed by atoms with Crippen LogP contribution in [-0.4, -0.2) is 54.1 Å². The Hall–Kier alpha value is -2.51. The Labute approximate surface area is 182 Å². The predicted octanol–water partition coefficient (Wildman–Crippen LogP) is 2.14. The zero-order valence-corrected chi connectivity index (χ0v) is 18.1. The first-order chi connectivity index (χ1) is 14.8. The molecule has 1 amide bonds. The van der Waals surface area contributed by atoms with Crippen molar-refractivity contribution in [3.8, 4) is 0 Å². The van der Waals surface area contributed by atoms with Crippen LogP contribution in [0.25, 0.3) is 0 Å². The number of amides is 1. The highest BCUT2D eigenvalue weighted by atomic mass is 32.2. The minimum absolute atomic E-state index is 0.107. The second kappa shape index (κ2) is 9.75. The van der Waals surface area contributed by atoms with Gasteiger partial charge in [0.25, 0.3) is 0 Å². The number of carbonyl (C=O) groups is 1.